The summed E-state index contributed by atoms with van der Waals surface area (Å²) in [5, 5.41) is 22.1. The van der Waals surface area contributed by atoms with Gasteiger partial charge in [-0.05, 0) is 24.1 Å². The second-order valence-electron chi connectivity index (χ2n) is 3.44. The van der Waals surface area contributed by atoms with Crippen LogP contribution in [0.25, 0.3) is 0 Å². The predicted molar refractivity (Wildman–Crippen MR) is 59.5 cm³/mol. The van der Waals surface area contributed by atoms with E-state index in [4.69, 9.17) is 16.7 Å². The van der Waals surface area contributed by atoms with Gasteiger partial charge in [0, 0.05) is 0 Å². The first-order chi connectivity index (χ1) is 8.02. The Kier molecular flexibility index (Phi) is 4.78. The molecule has 0 fully saturated rings. The smallest absolute Gasteiger partial charge is 0.235 e. The molecule has 0 radical (unpaired) electrons. The van der Waals surface area contributed by atoms with Gasteiger partial charge < -0.3 is 20.3 Å². The van der Waals surface area contributed by atoms with Crippen LogP contribution in [0.1, 0.15) is 5.56 Å². The van der Waals surface area contributed by atoms with Gasteiger partial charge in [-0.25, -0.2) is 0 Å². The molecule has 1 amide bonds. The maximum absolute atomic E-state index is 11.0. The minimum atomic E-state index is -1.38. The zero-order valence-corrected chi connectivity index (χ0v) is 9.61. The van der Waals surface area contributed by atoms with E-state index in [1.54, 1.807) is 12.1 Å². The molecule has 0 saturated carbocycles. The number of phenolic OH excluding ortho intramolecular Hbond substituents is 1. The summed E-state index contributed by atoms with van der Waals surface area (Å²) >= 11 is 5.27. The molecule has 0 spiro atoms. The average Bonchev–Trinajstić information content (AvgIpc) is 2.30. The molecule has 0 aliphatic heterocycles. The summed E-state index contributed by atoms with van der Waals surface area (Å²) in [7, 11) is 0. The Morgan fingerprint density at radius 3 is 2.41 bits per heavy atom. The molecule has 0 saturated heterocycles. The molecule has 0 heterocycles. The zero-order chi connectivity index (χ0) is 12.8. The fraction of sp³-hybridized carbons (Fsp3) is 0.273. The van der Waals surface area contributed by atoms with Crippen LogP contribution in [0, 0.1) is 0 Å². The normalized spacial score (nSPS) is 11.8. The molecule has 1 rings (SSSR count). The lowest BCUT2D eigenvalue weighted by molar-refractivity contribution is -0.308. The molecule has 0 aromatic heterocycles. The highest BCUT2D eigenvalue weighted by Crippen LogP contribution is 2.11. The molecule has 1 aromatic rings. The monoisotopic (exact) mass is 256 g/mol. The maximum Gasteiger partial charge on any atom is 0.235 e. The molecule has 0 aliphatic carbocycles. The lowest BCUT2D eigenvalue weighted by Crippen LogP contribution is -2.49. The van der Waals surface area contributed by atoms with E-state index in [1.807, 2.05) is 0 Å². The van der Waals surface area contributed by atoms with E-state index in [0.29, 0.717) is 5.56 Å². The molecule has 2 N–H and O–H groups in total. The molecule has 17 heavy (non-hydrogen) atoms. The van der Waals surface area contributed by atoms with E-state index in [9.17, 15) is 14.7 Å². The number of aliphatic carboxylic acids is 1. The second-order valence-corrected chi connectivity index (χ2v) is 3.71. The fourth-order valence-electron chi connectivity index (χ4n) is 1.29. The Hall–Kier alpha value is -1.75. The number of carbonyl (C=O) groups is 2. The van der Waals surface area contributed by atoms with Crippen molar-refractivity contribution in [3.63, 3.8) is 0 Å². The SMILES string of the molecule is O=C(CCl)N[C@H](Cc1ccc(O)cc1)C(=O)[O-]. The number of rotatable bonds is 5. The molecular weight excluding hydrogens is 246 g/mol. The van der Waals surface area contributed by atoms with E-state index >= 15 is 0 Å². The molecular formula is C11H11ClNO4-. The van der Waals surface area contributed by atoms with Gasteiger partial charge in [0.1, 0.15) is 11.6 Å². The van der Waals surface area contributed by atoms with E-state index in [1.165, 1.54) is 12.1 Å². The van der Waals surface area contributed by atoms with Crippen LogP contribution in [0.15, 0.2) is 24.3 Å². The Labute approximate surface area is 103 Å². The fourth-order valence-corrected chi connectivity index (χ4v) is 1.37. The summed E-state index contributed by atoms with van der Waals surface area (Å²) in [4.78, 5) is 21.8. The topological polar surface area (TPSA) is 89.5 Å². The standard InChI is InChI=1S/C11H12ClNO4/c12-6-10(15)13-9(11(16)17)5-7-1-3-8(14)4-2-7/h1-4,9,14H,5-6H2,(H,13,15)(H,16,17)/p-1/t9-/m1/s1. The van der Waals surface area contributed by atoms with E-state index < -0.39 is 17.9 Å². The van der Waals surface area contributed by atoms with E-state index in [-0.39, 0.29) is 18.1 Å². The molecule has 1 atom stereocenters. The van der Waals surface area contributed by atoms with Crippen LogP contribution in [0.3, 0.4) is 0 Å². The zero-order valence-electron chi connectivity index (χ0n) is 8.85. The van der Waals surface area contributed by atoms with Gasteiger partial charge in [0.05, 0.1) is 12.0 Å². The number of alkyl halides is 1. The molecule has 0 aliphatic rings. The largest absolute Gasteiger partial charge is 0.548 e. The number of halogens is 1. The molecule has 5 nitrogen and oxygen atoms in total. The lowest BCUT2D eigenvalue weighted by Gasteiger charge is -2.19. The van der Waals surface area contributed by atoms with Crippen LogP contribution in [0.5, 0.6) is 5.75 Å². The Balaban J connectivity index is 2.70. The van der Waals surface area contributed by atoms with Crippen LogP contribution in [-0.4, -0.2) is 28.9 Å². The van der Waals surface area contributed by atoms with Crippen LogP contribution >= 0.6 is 11.6 Å². The van der Waals surface area contributed by atoms with Crippen LogP contribution < -0.4 is 10.4 Å². The quantitative estimate of drug-likeness (QED) is 0.689. The maximum atomic E-state index is 11.0. The first-order valence-corrected chi connectivity index (χ1v) is 5.40. The summed E-state index contributed by atoms with van der Waals surface area (Å²) < 4.78 is 0. The lowest BCUT2D eigenvalue weighted by atomic mass is 10.1. The second kappa shape index (κ2) is 6.10. The van der Waals surface area contributed by atoms with Crippen molar-refractivity contribution in [3.05, 3.63) is 29.8 Å². The van der Waals surface area contributed by atoms with Crippen LogP contribution in [0.2, 0.25) is 0 Å². The summed E-state index contributed by atoms with van der Waals surface area (Å²) in [6, 6.07) is 4.87. The third-order valence-electron chi connectivity index (χ3n) is 2.12. The van der Waals surface area contributed by atoms with Gasteiger partial charge in [-0.3, -0.25) is 4.79 Å². The van der Waals surface area contributed by atoms with Crippen molar-refractivity contribution in [1.82, 2.24) is 5.32 Å². The summed E-state index contributed by atoms with van der Waals surface area (Å²) in [5.74, 6) is -2.17. The minimum Gasteiger partial charge on any atom is -0.548 e. The summed E-state index contributed by atoms with van der Waals surface area (Å²) in [5.41, 5.74) is 0.659. The number of amides is 1. The summed E-state index contributed by atoms with van der Waals surface area (Å²) in [6.07, 6.45) is 0.0746. The number of nitrogens with one attached hydrogen (secondary N) is 1. The number of carboxylic acids is 1. The van der Waals surface area contributed by atoms with Crippen molar-refractivity contribution in [2.45, 2.75) is 12.5 Å². The van der Waals surface area contributed by atoms with Crippen molar-refractivity contribution >= 4 is 23.5 Å². The van der Waals surface area contributed by atoms with E-state index in [0.717, 1.165) is 0 Å². The van der Waals surface area contributed by atoms with Gasteiger partial charge in [0.25, 0.3) is 0 Å². The number of carboxylic acid groups (broad SMARTS) is 1. The number of aromatic hydroxyl groups is 1. The molecule has 1 aromatic carbocycles. The van der Waals surface area contributed by atoms with Crippen LogP contribution in [-0.2, 0) is 16.0 Å². The first kappa shape index (κ1) is 13.3. The van der Waals surface area contributed by atoms with Crippen molar-refractivity contribution < 1.29 is 19.8 Å². The highest BCUT2D eigenvalue weighted by molar-refractivity contribution is 6.27. The van der Waals surface area contributed by atoms with Gasteiger partial charge >= 0.3 is 0 Å². The Bertz CT molecular complexity index is 404. The first-order valence-electron chi connectivity index (χ1n) is 4.87. The van der Waals surface area contributed by atoms with Crippen molar-refractivity contribution in [2.24, 2.45) is 0 Å². The number of hydrogen-bond donors (Lipinski definition) is 2. The van der Waals surface area contributed by atoms with Gasteiger partial charge in [-0.2, -0.15) is 0 Å². The minimum absolute atomic E-state index is 0.0746. The number of benzene rings is 1. The van der Waals surface area contributed by atoms with Crippen LogP contribution in [0.4, 0.5) is 0 Å². The summed E-state index contributed by atoms with van der Waals surface area (Å²) in [6.45, 7) is 0. The van der Waals surface area contributed by atoms with Gasteiger partial charge in [-0.15, -0.1) is 11.6 Å². The third-order valence-corrected chi connectivity index (χ3v) is 2.36. The van der Waals surface area contributed by atoms with Crippen molar-refractivity contribution in [1.29, 1.82) is 0 Å². The highest BCUT2D eigenvalue weighted by Gasteiger charge is 2.13. The molecule has 6 heteroatoms. The average molecular weight is 257 g/mol. The van der Waals surface area contributed by atoms with Crippen molar-refractivity contribution in [2.75, 3.05) is 5.88 Å². The Morgan fingerprint density at radius 1 is 1.35 bits per heavy atom. The number of carbonyl (C=O) groups excluding carboxylic acids is 2. The predicted octanol–water partition coefficient (Wildman–Crippen LogP) is -0.592. The van der Waals surface area contributed by atoms with E-state index in [2.05, 4.69) is 5.32 Å². The van der Waals surface area contributed by atoms with Gasteiger partial charge in [-0.1, -0.05) is 12.1 Å². The number of phenols is 1. The molecule has 0 unspecified atom stereocenters. The van der Waals surface area contributed by atoms with Gasteiger partial charge in [0.15, 0.2) is 0 Å². The Morgan fingerprint density at radius 2 is 1.94 bits per heavy atom. The molecule has 92 valence electrons. The highest BCUT2D eigenvalue weighted by atomic mass is 35.5. The van der Waals surface area contributed by atoms with Crippen molar-refractivity contribution in [3.8, 4) is 5.75 Å². The van der Waals surface area contributed by atoms with Gasteiger partial charge in [0.2, 0.25) is 5.91 Å². The number of hydrogen-bond acceptors (Lipinski definition) is 4. The third kappa shape index (κ3) is 4.32. The molecule has 0 bridgehead atoms.